The Morgan fingerprint density at radius 2 is 2.00 bits per heavy atom. The van der Waals surface area contributed by atoms with E-state index in [0.717, 1.165) is 36.1 Å². The molecule has 0 N–H and O–H groups in total. The zero-order valence-corrected chi connectivity index (χ0v) is 9.32. The van der Waals surface area contributed by atoms with E-state index in [1.165, 1.54) is 0 Å². The van der Waals surface area contributed by atoms with Gasteiger partial charge in [0.25, 0.3) is 0 Å². The molecule has 0 fully saturated rings. The van der Waals surface area contributed by atoms with Gasteiger partial charge >= 0.3 is 0 Å². The van der Waals surface area contributed by atoms with E-state index >= 15 is 0 Å². The van der Waals surface area contributed by atoms with Gasteiger partial charge in [-0.1, -0.05) is 12.2 Å². The first-order valence-electron chi connectivity index (χ1n) is 5.62. The lowest BCUT2D eigenvalue weighted by molar-refractivity contribution is 0.0835. The zero-order chi connectivity index (χ0) is 11.2. The molecule has 0 saturated heterocycles. The Morgan fingerprint density at radius 3 is 2.69 bits per heavy atom. The number of ether oxygens (including phenoxy) is 1. The fourth-order valence-corrected chi connectivity index (χ4v) is 2.83. The van der Waals surface area contributed by atoms with Crippen molar-refractivity contribution in [2.45, 2.75) is 19.3 Å². The van der Waals surface area contributed by atoms with Gasteiger partial charge in [0.05, 0.1) is 7.11 Å². The van der Waals surface area contributed by atoms with Gasteiger partial charge in [0.1, 0.15) is 5.75 Å². The minimum Gasteiger partial charge on any atom is -0.497 e. The highest BCUT2D eigenvalue weighted by Crippen LogP contribution is 2.46. The van der Waals surface area contributed by atoms with E-state index in [0.29, 0.717) is 5.78 Å². The summed E-state index contributed by atoms with van der Waals surface area (Å²) in [6.07, 6.45) is 6.90. The summed E-state index contributed by atoms with van der Waals surface area (Å²) in [6.45, 7) is 0. The van der Waals surface area contributed by atoms with E-state index in [1.54, 1.807) is 7.11 Å². The van der Waals surface area contributed by atoms with Gasteiger partial charge in [0.15, 0.2) is 5.78 Å². The number of hydrogen-bond donors (Lipinski definition) is 0. The Hall–Kier alpha value is -1.57. The van der Waals surface area contributed by atoms with Gasteiger partial charge < -0.3 is 4.74 Å². The highest BCUT2D eigenvalue weighted by Gasteiger charge is 2.45. The third-order valence-corrected chi connectivity index (χ3v) is 3.75. The van der Waals surface area contributed by atoms with Gasteiger partial charge in [-0.2, -0.15) is 0 Å². The molecule has 2 aliphatic rings. The summed E-state index contributed by atoms with van der Waals surface area (Å²) in [4.78, 5) is 12.3. The molecule has 82 valence electrons. The first-order valence-corrected chi connectivity index (χ1v) is 5.62. The van der Waals surface area contributed by atoms with Crippen molar-refractivity contribution in [1.82, 2.24) is 0 Å². The third kappa shape index (κ3) is 1.16. The highest BCUT2D eigenvalue weighted by molar-refractivity contribution is 6.05. The smallest absolute Gasteiger partial charge is 0.170 e. The molecular formula is C14H14O2. The topological polar surface area (TPSA) is 26.3 Å². The lowest BCUT2D eigenvalue weighted by atomic mass is 9.81. The summed E-state index contributed by atoms with van der Waals surface area (Å²) < 4.78 is 5.20. The Bertz CT molecular complexity index is 478. The van der Waals surface area contributed by atoms with E-state index in [4.69, 9.17) is 4.74 Å². The number of allylic oxidation sites excluding steroid dienone is 2. The van der Waals surface area contributed by atoms with Crippen molar-refractivity contribution in [2.24, 2.45) is 5.41 Å². The van der Waals surface area contributed by atoms with Crippen LogP contribution in [0.5, 0.6) is 5.75 Å². The number of benzene rings is 1. The molecule has 0 radical (unpaired) electrons. The van der Waals surface area contributed by atoms with E-state index in [-0.39, 0.29) is 5.41 Å². The first kappa shape index (κ1) is 9.64. The van der Waals surface area contributed by atoms with Gasteiger partial charge in [0, 0.05) is 11.0 Å². The Morgan fingerprint density at radius 1 is 1.25 bits per heavy atom. The number of carbonyl (C=O) groups excluding carboxylic acids is 1. The van der Waals surface area contributed by atoms with Crippen LogP contribution in [-0.2, 0) is 6.42 Å². The SMILES string of the molecule is COc1ccc2c(c1)CC1(CC=CC1)C2=O. The van der Waals surface area contributed by atoms with Crippen LogP contribution in [0, 0.1) is 5.41 Å². The van der Waals surface area contributed by atoms with Crippen molar-refractivity contribution < 1.29 is 9.53 Å². The van der Waals surface area contributed by atoms with Crippen molar-refractivity contribution in [2.75, 3.05) is 7.11 Å². The van der Waals surface area contributed by atoms with Crippen LogP contribution < -0.4 is 4.74 Å². The Kier molecular flexibility index (Phi) is 1.93. The number of ketones is 1. The molecule has 1 aromatic rings. The predicted octanol–water partition coefficient (Wildman–Crippen LogP) is 2.77. The lowest BCUT2D eigenvalue weighted by Crippen LogP contribution is -2.24. The monoisotopic (exact) mass is 214 g/mol. The van der Waals surface area contributed by atoms with Crippen LogP contribution in [0.1, 0.15) is 28.8 Å². The van der Waals surface area contributed by atoms with Crippen molar-refractivity contribution >= 4 is 5.78 Å². The molecule has 0 atom stereocenters. The molecule has 0 saturated carbocycles. The molecule has 1 aromatic carbocycles. The van der Waals surface area contributed by atoms with Gasteiger partial charge in [-0.05, 0) is 43.0 Å². The molecule has 0 aliphatic heterocycles. The average molecular weight is 214 g/mol. The average Bonchev–Trinajstić information content (AvgIpc) is 2.87. The van der Waals surface area contributed by atoms with Crippen LogP contribution in [0.4, 0.5) is 0 Å². The van der Waals surface area contributed by atoms with E-state index in [9.17, 15) is 4.79 Å². The third-order valence-electron chi connectivity index (χ3n) is 3.75. The van der Waals surface area contributed by atoms with Crippen molar-refractivity contribution in [3.63, 3.8) is 0 Å². The van der Waals surface area contributed by atoms with E-state index in [1.807, 2.05) is 18.2 Å². The van der Waals surface area contributed by atoms with Crippen molar-refractivity contribution in [3.05, 3.63) is 41.5 Å². The minimum atomic E-state index is -0.158. The molecular weight excluding hydrogens is 200 g/mol. The van der Waals surface area contributed by atoms with Gasteiger partial charge in [-0.3, -0.25) is 4.79 Å². The maximum absolute atomic E-state index is 12.3. The Balaban J connectivity index is 2.04. The number of rotatable bonds is 1. The van der Waals surface area contributed by atoms with Crippen LogP contribution in [0.25, 0.3) is 0 Å². The van der Waals surface area contributed by atoms with E-state index in [2.05, 4.69) is 12.2 Å². The second kappa shape index (κ2) is 3.21. The first-order chi connectivity index (χ1) is 7.75. The molecule has 0 unspecified atom stereocenters. The molecule has 2 heteroatoms. The lowest BCUT2D eigenvalue weighted by Gasteiger charge is -2.19. The fourth-order valence-electron chi connectivity index (χ4n) is 2.83. The second-order valence-corrected chi connectivity index (χ2v) is 4.69. The maximum atomic E-state index is 12.3. The quantitative estimate of drug-likeness (QED) is 0.672. The largest absolute Gasteiger partial charge is 0.497 e. The number of methoxy groups -OCH3 is 1. The van der Waals surface area contributed by atoms with Crippen LogP contribution >= 0.6 is 0 Å². The van der Waals surface area contributed by atoms with Crippen molar-refractivity contribution in [3.8, 4) is 5.75 Å². The van der Waals surface area contributed by atoms with Crippen LogP contribution in [0.3, 0.4) is 0 Å². The molecule has 0 bridgehead atoms. The fraction of sp³-hybridized carbons (Fsp3) is 0.357. The number of hydrogen-bond acceptors (Lipinski definition) is 2. The standard InChI is InChI=1S/C14H14O2/c1-16-11-4-5-12-10(8-11)9-14(13(12)15)6-2-3-7-14/h2-5,8H,6-7,9H2,1H3. The molecule has 2 aliphatic carbocycles. The van der Waals surface area contributed by atoms with Gasteiger partial charge in [-0.15, -0.1) is 0 Å². The van der Waals surface area contributed by atoms with Gasteiger partial charge in [-0.25, -0.2) is 0 Å². The molecule has 3 rings (SSSR count). The molecule has 0 heterocycles. The predicted molar refractivity (Wildman–Crippen MR) is 61.8 cm³/mol. The molecule has 1 spiro atoms. The Labute approximate surface area is 94.9 Å². The molecule has 2 nitrogen and oxygen atoms in total. The summed E-state index contributed by atoms with van der Waals surface area (Å²) in [7, 11) is 1.66. The zero-order valence-electron chi connectivity index (χ0n) is 9.32. The molecule has 0 aromatic heterocycles. The van der Waals surface area contributed by atoms with Crippen LogP contribution in [0.15, 0.2) is 30.4 Å². The number of Topliss-reactive ketones (excluding diaryl/α,β-unsaturated/α-hetero) is 1. The van der Waals surface area contributed by atoms with Gasteiger partial charge in [0.2, 0.25) is 0 Å². The number of carbonyl (C=O) groups is 1. The normalized spacial score (nSPS) is 20.4. The van der Waals surface area contributed by atoms with Crippen molar-refractivity contribution in [1.29, 1.82) is 0 Å². The van der Waals surface area contributed by atoms with E-state index < -0.39 is 0 Å². The summed E-state index contributed by atoms with van der Waals surface area (Å²) in [5, 5.41) is 0. The minimum absolute atomic E-state index is 0.158. The second-order valence-electron chi connectivity index (χ2n) is 4.69. The summed E-state index contributed by atoms with van der Waals surface area (Å²) in [6, 6.07) is 5.78. The summed E-state index contributed by atoms with van der Waals surface area (Å²) in [5.41, 5.74) is 1.88. The molecule has 16 heavy (non-hydrogen) atoms. The highest BCUT2D eigenvalue weighted by atomic mass is 16.5. The molecule has 0 amide bonds. The summed E-state index contributed by atoms with van der Waals surface area (Å²) >= 11 is 0. The van der Waals surface area contributed by atoms with Crippen LogP contribution in [-0.4, -0.2) is 12.9 Å². The van der Waals surface area contributed by atoms with Crippen LogP contribution in [0.2, 0.25) is 0 Å². The summed E-state index contributed by atoms with van der Waals surface area (Å²) in [5.74, 6) is 1.16. The number of fused-ring (bicyclic) bond motifs is 1. The maximum Gasteiger partial charge on any atom is 0.170 e.